The highest BCUT2D eigenvalue weighted by Crippen LogP contribution is 2.29. The lowest BCUT2D eigenvalue weighted by Gasteiger charge is -2.14. The first-order valence-electron chi connectivity index (χ1n) is 10.8. The lowest BCUT2D eigenvalue weighted by molar-refractivity contribution is -0.113. The van der Waals surface area contributed by atoms with Crippen molar-refractivity contribution in [2.45, 2.75) is 37.8 Å². The van der Waals surface area contributed by atoms with E-state index in [1.54, 1.807) is 48.1 Å². The van der Waals surface area contributed by atoms with Gasteiger partial charge in [-0.3, -0.25) is 14.3 Å². The van der Waals surface area contributed by atoms with E-state index in [0.29, 0.717) is 29.4 Å². The Labute approximate surface area is 195 Å². The van der Waals surface area contributed by atoms with Gasteiger partial charge in [0.15, 0.2) is 0 Å². The molecule has 3 aromatic rings. The van der Waals surface area contributed by atoms with Crippen LogP contribution in [0.15, 0.2) is 58.6 Å². The maximum atomic E-state index is 12.8. The number of hydrogen-bond acceptors (Lipinski definition) is 7. The van der Waals surface area contributed by atoms with Crippen LogP contribution in [0.2, 0.25) is 0 Å². The van der Waals surface area contributed by atoms with E-state index in [4.69, 9.17) is 4.74 Å². The largest absolute Gasteiger partial charge is 0.462 e. The maximum Gasteiger partial charge on any atom is 0.349 e. The van der Waals surface area contributed by atoms with Gasteiger partial charge in [0.2, 0.25) is 5.91 Å². The van der Waals surface area contributed by atoms with Crippen molar-refractivity contribution in [2.24, 2.45) is 0 Å². The summed E-state index contributed by atoms with van der Waals surface area (Å²) < 4.78 is 6.69. The third-order valence-corrected chi connectivity index (χ3v) is 6.33. The molecule has 0 atom stereocenters. The SMILES string of the molecule is CCOC(=O)c1ccc(NC(=O)CSc2nc(=O)n(Cc3ccncc3)c3c2CCC3)cc1. The molecule has 0 unspecified atom stereocenters. The van der Waals surface area contributed by atoms with Gasteiger partial charge in [-0.15, -0.1) is 0 Å². The fourth-order valence-corrected chi connectivity index (χ4v) is 4.65. The van der Waals surface area contributed by atoms with Gasteiger partial charge in [0, 0.05) is 29.3 Å². The number of rotatable bonds is 8. The number of benzene rings is 1. The molecule has 0 bridgehead atoms. The van der Waals surface area contributed by atoms with Crippen molar-refractivity contribution in [3.8, 4) is 0 Å². The van der Waals surface area contributed by atoms with Crippen LogP contribution in [0.25, 0.3) is 0 Å². The van der Waals surface area contributed by atoms with Crippen LogP contribution in [0.1, 0.15) is 40.5 Å². The van der Waals surface area contributed by atoms with Crippen molar-refractivity contribution in [3.05, 3.63) is 81.7 Å². The third-order valence-electron chi connectivity index (χ3n) is 5.31. The van der Waals surface area contributed by atoms with Crippen molar-refractivity contribution in [1.82, 2.24) is 14.5 Å². The Hall–Kier alpha value is -3.46. The van der Waals surface area contributed by atoms with Crippen LogP contribution in [0.3, 0.4) is 0 Å². The Kier molecular flexibility index (Phi) is 7.19. The molecule has 0 aliphatic heterocycles. The van der Waals surface area contributed by atoms with Gasteiger partial charge in [0.05, 0.1) is 24.5 Å². The molecule has 170 valence electrons. The van der Waals surface area contributed by atoms with Crippen LogP contribution < -0.4 is 11.0 Å². The fraction of sp³-hybridized carbons (Fsp3) is 0.292. The van der Waals surface area contributed by atoms with Crippen molar-refractivity contribution in [1.29, 1.82) is 0 Å². The molecule has 33 heavy (non-hydrogen) atoms. The van der Waals surface area contributed by atoms with Crippen molar-refractivity contribution < 1.29 is 14.3 Å². The Morgan fingerprint density at radius 1 is 1.12 bits per heavy atom. The van der Waals surface area contributed by atoms with Crippen LogP contribution in [0.5, 0.6) is 0 Å². The number of fused-ring (bicyclic) bond motifs is 1. The van der Waals surface area contributed by atoms with Crippen molar-refractivity contribution >= 4 is 29.3 Å². The molecule has 8 nitrogen and oxygen atoms in total. The molecule has 0 saturated heterocycles. The van der Waals surface area contributed by atoms with Crippen LogP contribution in [-0.4, -0.2) is 38.8 Å². The molecule has 1 amide bonds. The van der Waals surface area contributed by atoms with E-state index >= 15 is 0 Å². The summed E-state index contributed by atoms with van der Waals surface area (Å²) in [5.74, 6) is -0.477. The molecule has 0 fully saturated rings. The average Bonchev–Trinajstić information content (AvgIpc) is 3.31. The second kappa shape index (κ2) is 10.4. The number of hydrogen-bond donors (Lipinski definition) is 1. The maximum absolute atomic E-state index is 12.8. The molecule has 1 aliphatic carbocycles. The van der Waals surface area contributed by atoms with Gasteiger partial charge in [0.1, 0.15) is 5.03 Å². The minimum atomic E-state index is -0.399. The molecule has 0 saturated carbocycles. The molecule has 0 spiro atoms. The van der Waals surface area contributed by atoms with Crippen LogP contribution in [0, 0.1) is 0 Å². The summed E-state index contributed by atoms with van der Waals surface area (Å²) in [5.41, 5.74) is 3.77. The number of carbonyl (C=O) groups excluding carboxylic acids is 2. The van der Waals surface area contributed by atoms with Crippen LogP contribution >= 0.6 is 11.8 Å². The standard InChI is InChI=1S/C24H24N4O4S/c1-2-32-23(30)17-6-8-18(9-7-17)26-21(29)15-33-22-19-4-3-5-20(19)28(24(31)27-22)14-16-10-12-25-13-11-16/h6-13H,2-5,14-15H2,1H3,(H,26,29). The predicted octanol–water partition coefficient (Wildman–Crippen LogP) is 3.08. The monoisotopic (exact) mass is 464 g/mol. The fourth-order valence-electron chi connectivity index (χ4n) is 3.77. The quantitative estimate of drug-likeness (QED) is 0.310. The zero-order valence-corrected chi connectivity index (χ0v) is 19.1. The molecular formula is C24H24N4O4S. The third kappa shape index (κ3) is 5.48. The highest BCUT2D eigenvalue weighted by Gasteiger charge is 2.22. The number of ether oxygens (including phenoxy) is 1. The Balaban J connectivity index is 1.42. The summed E-state index contributed by atoms with van der Waals surface area (Å²) in [6, 6.07) is 10.3. The highest BCUT2D eigenvalue weighted by molar-refractivity contribution is 8.00. The van der Waals surface area contributed by atoms with E-state index in [1.807, 2.05) is 12.1 Å². The summed E-state index contributed by atoms with van der Waals surface area (Å²) >= 11 is 1.28. The summed E-state index contributed by atoms with van der Waals surface area (Å²) in [7, 11) is 0. The highest BCUT2D eigenvalue weighted by atomic mass is 32.2. The first-order valence-corrected chi connectivity index (χ1v) is 11.7. The number of esters is 1. The average molecular weight is 465 g/mol. The smallest absolute Gasteiger partial charge is 0.349 e. The molecular weight excluding hydrogens is 440 g/mol. The number of amides is 1. The zero-order valence-electron chi connectivity index (χ0n) is 18.2. The van der Waals surface area contributed by atoms with Gasteiger partial charge < -0.3 is 10.1 Å². The van der Waals surface area contributed by atoms with Gasteiger partial charge >= 0.3 is 11.7 Å². The lowest BCUT2D eigenvalue weighted by Crippen LogP contribution is -2.28. The molecule has 1 N–H and O–H groups in total. The summed E-state index contributed by atoms with van der Waals surface area (Å²) in [5, 5.41) is 3.44. The van der Waals surface area contributed by atoms with E-state index in [9.17, 15) is 14.4 Å². The molecule has 2 aromatic heterocycles. The summed E-state index contributed by atoms with van der Waals surface area (Å²) in [6.07, 6.45) is 6.05. The number of nitrogens with zero attached hydrogens (tertiary/aromatic N) is 3. The Bertz CT molecular complexity index is 1210. The number of aromatic nitrogens is 3. The molecule has 0 radical (unpaired) electrons. The zero-order chi connectivity index (χ0) is 23.2. The lowest BCUT2D eigenvalue weighted by atomic mass is 10.2. The molecule has 4 rings (SSSR count). The number of anilines is 1. The Morgan fingerprint density at radius 3 is 2.61 bits per heavy atom. The second-order valence-corrected chi connectivity index (χ2v) is 8.52. The molecule has 1 aromatic carbocycles. The number of thioether (sulfide) groups is 1. The van der Waals surface area contributed by atoms with Crippen molar-refractivity contribution in [2.75, 3.05) is 17.7 Å². The summed E-state index contributed by atoms with van der Waals surface area (Å²) in [4.78, 5) is 45.3. The van der Waals surface area contributed by atoms with Crippen molar-refractivity contribution in [3.63, 3.8) is 0 Å². The first kappa shape index (κ1) is 22.7. The minimum absolute atomic E-state index is 0.132. The van der Waals surface area contributed by atoms with E-state index in [0.717, 1.165) is 36.1 Å². The number of pyridine rings is 1. The van der Waals surface area contributed by atoms with Crippen LogP contribution in [0.4, 0.5) is 5.69 Å². The number of nitrogens with one attached hydrogen (secondary N) is 1. The van der Waals surface area contributed by atoms with E-state index in [2.05, 4.69) is 15.3 Å². The summed E-state index contributed by atoms with van der Waals surface area (Å²) in [6.45, 7) is 2.52. The molecule has 2 heterocycles. The van der Waals surface area contributed by atoms with E-state index in [-0.39, 0.29) is 17.3 Å². The normalized spacial score (nSPS) is 12.3. The van der Waals surface area contributed by atoms with E-state index in [1.165, 1.54) is 11.8 Å². The van der Waals surface area contributed by atoms with Gasteiger partial charge in [-0.2, -0.15) is 4.98 Å². The topological polar surface area (TPSA) is 103 Å². The molecule has 1 aliphatic rings. The van der Waals surface area contributed by atoms with E-state index < -0.39 is 5.97 Å². The number of carbonyl (C=O) groups is 2. The predicted molar refractivity (Wildman–Crippen MR) is 126 cm³/mol. The van der Waals surface area contributed by atoms with Gasteiger partial charge in [0.25, 0.3) is 0 Å². The second-order valence-electron chi connectivity index (χ2n) is 7.55. The molecule has 9 heteroatoms. The Morgan fingerprint density at radius 2 is 1.88 bits per heavy atom. The van der Waals surface area contributed by atoms with Gasteiger partial charge in [-0.25, -0.2) is 9.59 Å². The first-order chi connectivity index (χ1) is 16.0. The van der Waals surface area contributed by atoms with Gasteiger partial charge in [-0.05, 0) is 68.1 Å². The minimum Gasteiger partial charge on any atom is -0.462 e. The van der Waals surface area contributed by atoms with Crippen LogP contribution in [-0.2, 0) is 28.9 Å². The van der Waals surface area contributed by atoms with Gasteiger partial charge in [-0.1, -0.05) is 11.8 Å².